The highest BCUT2D eigenvalue weighted by molar-refractivity contribution is 5.74. The molecule has 3 rings (SSSR count). The first-order chi connectivity index (χ1) is 10.6. The van der Waals surface area contributed by atoms with E-state index in [0.29, 0.717) is 17.5 Å². The maximum Gasteiger partial charge on any atom is 0.317 e. The number of morpholine rings is 1. The van der Waals surface area contributed by atoms with E-state index in [4.69, 9.17) is 4.74 Å². The number of carbonyl (C=O) groups is 1. The second kappa shape index (κ2) is 6.75. The summed E-state index contributed by atoms with van der Waals surface area (Å²) in [5, 5.41) is 3.15. The molecule has 2 atom stereocenters. The van der Waals surface area contributed by atoms with Gasteiger partial charge in [-0.3, -0.25) is 4.90 Å². The van der Waals surface area contributed by atoms with E-state index >= 15 is 0 Å². The number of ether oxygens (including phenoxy) is 1. The molecule has 1 spiro atoms. The van der Waals surface area contributed by atoms with E-state index in [1.54, 1.807) is 0 Å². The zero-order valence-electron chi connectivity index (χ0n) is 14.1. The van der Waals surface area contributed by atoms with Crippen LogP contribution in [0.15, 0.2) is 0 Å². The van der Waals surface area contributed by atoms with E-state index < -0.39 is 0 Å². The number of carbonyl (C=O) groups excluding carboxylic acids is 1. The molecule has 3 fully saturated rings. The standard InChI is InChI=1S/C17H31N3O2/c1-14(20-9-10-22-12-15(20)2)11-18-16(21)19-8-7-17(13-19)5-3-4-6-17/h14-15H,3-13H2,1-2H3,(H,18,21). The van der Waals surface area contributed by atoms with Crippen molar-refractivity contribution in [2.24, 2.45) is 5.41 Å². The second-order valence-electron chi connectivity index (χ2n) is 7.58. The first-order valence-electron chi connectivity index (χ1n) is 8.96. The van der Waals surface area contributed by atoms with Crippen LogP contribution in [0, 0.1) is 5.41 Å². The Morgan fingerprint density at radius 1 is 1.32 bits per heavy atom. The Morgan fingerprint density at radius 3 is 2.82 bits per heavy atom. The number of hydrogen-bond donors (Lipinski definition) is 1. The molecule has 1 N–H and O–H groups in total. The molecule has 1 saturated carbocycles. The van der Waals surface area contributed by atoms with Gasteiger partial charge in [0.25, 0.3) is 0 Å². The summed E-state index contributed by atoms with van der Waals surface area (Å²) in [6.45, 7) is 9.60. The fourth-order valence-corrected chi connectivity index (χ4v) is 4.50. The maximum absolute atomic E-state index is 12.4. The molecule has 5 heteroatoms. The number of nitrogens with one attached hydrogen (secondary N) is 1. The van der Waals surface area contributed by atoms with Crippen molar-refractivity contribution in [3.05, 3.63) is 0 Å². The molecule has 0 radical (unpaired) electrons. The van der Waals surface area contributed by atoms with Crippen LogP contribution in [0.25, 0.3) is 0 Å². The summed E-state index contributed by atoms with van der Waals surface area (Å²) in [6, 6.07) is 0.941. The molecule has 2 aliphatic heterocycles. The molecule has 5 nitrogen and oxygen atoms in total. The lowest BCUT2D eigenvalue weighted by molar-refractivity contribution is -0.0177. The first-order valence-corrected chi connectivity index (χ1v) is 8.96. The van der Waals surface area contributed by atoms with Gasteiger partial charge in [-0.25, -0.2) is 4.79 Å². The Morgan fingerprint density at radius 2 is 2.09 bits per heavy atom. The summed E-state index contributed by atoms with van der Waals surface area (Å²) in [6.07, 6.45) is 6.54. The molecule has 3 aliphatic rings. The van der Waals surface area contributed by atoms with Crippen molar-refractivity contribution in [3.8, 4) is 0 Å². The van der Waals surface area contributed by atoms with Crippen molar-refractivity contribution in [3.63, 3.8) is 0 Å². The van der Waals surface area contributed by atoms with Crippen molar-refractivity contribution < 1.29 is 9.53 Å². The van der Waals surface area contributed by atoms with Crippen LogP contribution in [0.4, 0.5) is 4.79 Å². The first kappa shape index (κ1) is 16.1. The third-order valence-electron chi connectivity index (χ3n) is 5.92. The van der Waals surface area contributed by atoms with Gasteiger partial charge >= 0.3 is 6.03 Å². The molecule has 0 aromatic carbocycles. The fourth-order valence-electron chi connectivity index (χ4n) is 4.50. The summed E-state index contributed by atoms with van der Waals surface area (Å²) in [5.74, 6) is 0. The minimum atomic E-state index is 0.136. The van der Waals surface area contributed by atoms with Gasteiger partial charge in [-0.2, -0.15) is 0 Å². The van der Waals surface area contributed by atoms with Crippen LogP contribution in [0.3, 0.4) is 0 Å². The molecule has 1 aliphatic carbocycles. The van der Waals surface area contributed by atoms with Gasteiger partial charge in [-0.1, -0.05) is 12.8 Å². The van der Waals surface area contributed by atoms with E-state index in [9.17, 15) is 4.79 Å². The number of hydrogen-bond acceptors (Lipinski definition) is 3. The maximum atomic E-state index is 12.4. The largest absolute Gasteiger partial charge is 0.379 e. The molecular formula is C17H31N3O2. The zero-order valence-corrected chi connectivity index (χ0v) is 14.1. The van der Waals surface area contributed by atoms with Crippen molar-refractivity contribution in [1.29, 1.82) is 0 Å². The quantitative estimate of drug-likeness (QED) is 0.868. The van der Waals surface area contributed by atoms with Crippen LogP contribution >= 0.6 is 0 Å². The number of likely N-dealkylation sites (tertiary alicyclic amines) is 1. The Kier molecular flexibility index (Phi) is 4.93. The van der Waals surface area contributed by atoms with Crippen LogP contribution < -0.4 is 5.32 Å². The van der Waals surface area contributed by atoms with E-state index in [0.717, 1.165) is 39.4 Å². The second-order valence-corrected chi connectivity index (χ2v) is 7.58. The highest BCUT2D eigenvalue weighted by Crippen LogP contribution is 2.45. The predicted molar refractivity (Wildman–Crippen MR) is 86.9 cm³/mol. The van der Waals surface area contributed by atoms with E-state index in [2.05, 4.69) is 24.1 Å². The van der Waals surface area contributed by atoms with Crippen LogP contribution in [0.2, 0.25) is 0 Å². The summed E-state index contributed by atoms with van der Waals surface area (Å²) in [7, 11) is 0. The number of amides is 2. The number of rotatable bonds is 3. The normalized spacial score (nSPS) is 29.9. The molecule has 0 aromatic rings. The van der Waals surface area contributed by atoms with Gasteiger partial charge in [0.05, 0.1) is 13.2 Å². The molecule has 2 heterocycles. The van der Waals surface area contributed by atoms with E-state index in [1.165, 1.54) is 32.1 Å². The monoisotopic (exact) mass is 309 g/mol. The SMILES string of the molecule is CC(CNC(=O)N1CCC2(CCCC2)C1)N1CCOCC1C. The lowest BCUT2D eigenvalue weighted by Crippen LogP contribution is -2.53. The predicted octanol–water partition coefficient (Wildman–Crippen LogP) is 2.07. The Labute approximate surface area is 134 Å². The molecule has 22 heavy (non-hydrogen) atoms. The minimum absolute atomic E-state index is 0.136. The highest BCUT2D eigenvalue weighted by Gasteiger charge is 2.41. The van der Waals surface area contributed by atoms with Crippen molar-refractivity contribution in [1.82, 2.24) is 15.1 Å². The molecule has 0 aromatic heterocycles. The highest BCUT2D eigenvalue weighted by atomic mass is 16.5. The molecular weight excluding hydrogens is 278 g/mol. The Hall–Kier alpha value is -0.810. The van der Waals surface area contributed by atoms with Crippen molar-refractivity contribution in [2.75, 3.05) is 39.4 Å². The van der Waals surface area contributed by atoms with Gasteiger partial charge in [0.1, 0.15) is 0 Å². The van der Waals surface area contributed by atoms with Gasteiger partial charge < -0.3 is 15.0 Å². The van der Waals surface area contributed by atoms with Gasteiger partial charge in [-0.15, -0.1) is 0 Å². The van der Waals surface area contributed by atoms with Gasteiger partial charge in [-0.05, 0) is 38.5 Å². The Bertz CT molecular complexity index is 395. The summed E-state index contributed by atoms with van der Waals surface area (Å²) in [5.41, 5.74) is 0.460. The molecule has 126 valence electrons. The lowest BCUT2D eigenvalue weighted by atomic mass is 9.86. The van der Waals surface area contributed by atoms with Crippen LogP contribution in [-0.4, -0.2) is 67.3 Å². The third-order valence-corrected chi connectivity index (χ3v) is 5.92. The van der Waals surface area contributed by atoms with Crippen LogP contribution in [0.5, 0.6) is 0 Å². The summed E-state index contributed by atoms with van der Waals surface area (Å²) < 4.78 is 5.49. The summed E-state index contributed by atoms with van der Waals surface area (Å²) in [4.78, 5) is 16.9. The zero-order chi connectivity index (χ0) is 15.6. The molecule has 2 unspecified atom stereocenters. The smallest absolute Gasteiger partial charge is 0.317 e. The Balaban J connectivity index is 1.44. The average molecular weight is 309 g/mol. The van der Waals surface area contributed by atoms with E-state index in [1.807, 2.05) is 4.90 Å². The summed E-state index contributed by atoms with van der Waals surface area (Å²) >= 11 is 0. The lowest BCUT2D eigenvalue weighted by Gasteiger charge is -2.38. The van der Waals surface area contributed by atoms with Crippen LogP contribution in [-0.2, 0) is 4.74 Å². The third kappa shape index (κ3) is 3.40. The molecule has 0 bridgehead atoms. The van der Waals surface area contributed by atoms with E-state index in [-0.39, 0.29) is 6.03 Å². The molecule has 2 saturated heterocycles. The average Bonchev–Trinajstić information content (AvgIpc) is 3.15. The molecule has 2 amide bonds. The van der Waals surface area contributed by atoms with Crippen molar-refractivity contribution in [2.45, 2.75) is 58.0 Å². The van der Waals surface area contributed by atoms with Gasteiger partial charge in [0.15, 0.2) is 0 Å². The minimum Gasteiger partial charge on any atom is -0.379 e. The number of nitrogens with zero attached hydrogens (tertiary/aromatic N) is 2. The van der Waals surface area contributed by atoms with Crippen molar-refractivity contribution >= 4 is 6.03 Å². The van der Waals surface area contributed by atoms with Crippen LogP contribution in [0.1, 0.15) is 46.0 Å². The number of urea groups is 1. The van der Waals surface area contributed by atoms with Gasteiger partial charge in [0.2, 0.25) is 0 Å². The topological polar surface area (TPSA) is 44.8 Å². The van der Waals surface area contributed by atoms with Gasteiger partial charge in [0, 0.05) is 38.3 Å². The fraction of sp³-hybridized carbons (Fsp3) is 0.941.